The van der Waals surface area contributed by atoms with E-state index in [1.807, 2.05) is 20.8 Å². The fraction of sp³-hybridized carbons (Fsp3) is 0.448. The molecule has 0 radical (unpaired) electrons. The quantitative estimate of drug-likeness (QED) is 0.329. The summed E-state index contributed by atoms with van der Waals surface area (Å²) in [5.41, 5.74) is 0.956. The molecule has 0 aliphatic carbocycles. The number of methoxy groups -OCH3 is 1. The summed E-state index contributed by atoms with van der Waals surface area (Å²) in [4.78, 5) is 37.7. The Morgan fingerprint density at radius 2 is 1.93 bits per heavy atom. The minimum atomic E-state index is -4.49. The molecule has 4 heterocycles. The molecule has 0 bridgehead atoms. The van der Waals surface area contributed by atoms with Crippen LogP contribution in [0.5, 0.6) is 5.75 Å². The third kappa shape index (κ3) is 5.35. The molecule has 0 unspecified atom stereocenters. The smallest absolute Gasteiger partial charge is 0.408 e. The topological polar surface area (TPSA) is 106 Å². The molecule has 42 heavy (non-hydrogen) atoms. The normalized spacial score (nSPS) is 16.3. The number of halogens is 3. The number of likely N-dealkylation sites (tertiary alicyclic amines) is 1. The van der Waals surface area contributed by atoms with Gasteiger partial charge in [-0.3, -0.25) is 9.69 Å². The van der Waals surface area contributed by atoms with Gasteiger partial charge < -0.3 is 23.9 Å². The number of aromatic nitrogens is 4. The number of amides is 2. The van der Waals surface area contributed by atoms with Gasteiger partial charge in [-0.1, -0.05) is 0 Å². The minimum Gasteiger partial charge on any atom is -0.494 e. The highest BCUT2D eigenvalue weighted by Gasteiger charge is 2.37. The van der Waals surface area contributed by atoms with Crippen molar-refractivity contribution in [3.05, 3.63) is 42.1 Å². The van der Waals surface area contributed by atoms with Crippen LogP contribution in [0, 0.1) is 0 Å². The molecule has 1 aromatic carbocycles. The van der Waals surface area contributed by atoms with Crippen molar-refractivity contribution in [3.63, 3.8) is 0 Å². The fourth-order valence-corrected chi connectivity index (χ4v) is 5.95. The first-order valence-electron chi connectivity index (χ1n) is 13.6. The summed E-state index contributed by atoms with van der Waals surface area (Å²) in [5, 5.41) is 10.4. The summed E-state index contributed by atoms with van der Waals surface area (Å²) >= 11 is 0. The van der Waals surface area contributed by atoms with E-state index in [9.17, 15) is 27.9 Å². The molecule has 1 fully saturated rings. The molecule has 1 aliphatic heterocycles. The molecule has 0 spiro atoms. The maximum Gasteiger partial charge on any atom is 0.408 e. The van der Waals surface area contributed by atoms with Crippen LogP contribution in [0.2, 0.25) is 0 Å². The third-order valence-corrected chi connectivity index (χ3v) is 7.60. The Labute approximate surface area is 240 Å². The van der Waals surface area contributed by atoms with E-state index in [1.165, 1.54) is 18.2 Å². The monoisotopic (exact) mass is 586 g/mol. The van der Waals surface area contributed by atoms with Gasteiger partial charge in [-0.25, -0.2) is 14.8 Å². The van der Waals surface area contributed by atoms with Crippen LogP contribution in [0.3, 0.4) is 0 Å². The molecule has 3 aromatic heterocycles. The lowest BCUT2D eigenvalue weighted by Crippen LogP contribution is -2.57. The lowest BCUT2D eigenvalue weighted by Gasteiger charge is -2.44. The lowest BCUT2D eigenvalue weighted by atomic mass is 9.97. The van der Waals surface area contributed by atoms with E-state index in [0.717, 1.165) is 4.57 Å². The van der Waals surface area contributed by atoms with Crippen LogP contribution in [0.25, 0.3) is 33.6 Å². The van der Waals surface area contributed by atoms with Crippen LogP contribution in [-0.4, -0.2) is 84.0 Å². The molecule has 4 aromatic rings. The Bertz CT molecular complexity index is 1670. The average Bonchev–Trinajstić information content (AvgIpc) is 3.43. The van der Waals surface area contributed by atoms with Crippen LogP contribution < -0.4 is 4.74 Å². The van der Waals surface area contributed by atoms with E-state index >= 15 is 0 Å². The second-order valence-corrected chi connectivity index (χ2v) is 11.6. The van der Waals surface area contributed by atoms with Crippen molar-refractivity contribution in [2.24, 2.45) is 7.05 Å². The van der Waals surface area contributed by atoms with Gasteiger partial charge in [0.1, 0.15) is 23.5 Å². The molecule has 0 saturated carbocycles. The van der Waals surface area contributed by atoms with Crippen molar-refractivity contribution >= 4 is 34.1 Å². The standard InChI is InChI=1S/C29H33F3N6O4/c1-28(2,3)38(27(40)41)19-9-7-11-36(15-19)26(39)18-12-20-23(22(14-18)42-5)35(4)25(34-20)21-13-17-8-6-10-33-24(17)37(21)16-29(30,31)32/h6,8,10,12-14,19H,7,9,11,15-16H2,1-5H3,(H,40,41)/t19-/m1/s1. The summed E-state index contributed by atoms with van der Waals surface area (Å²) in [5.74, 6) is 0.293. The van der Waals surface area contributed by atoms with Crippen LogP contribution in [0.4, 0.5) is 18.0 Å². The average molecular weight is 587 g/mol. The zero-order chi connectivity index (χ0) is 30.6. The Hall–Kier alpha value is -4.29. The number of alkyl halides is 3. The SMILES string of the molecule is COc1cc(C(=O)N2CCC[C@@H](N(C(=O)O)C(C)(C)C)C2)cc2nc(-c3cc4cccnc4n3CC(F)(F)F)n(C)c12. The number of nitrogens with zero attached hydrogens (tertiary/aromatic N) is 6. The fourth-order valence-electron chi connectivity index (χ4n) is 5.95. The zero-order valence-electron chi connectivity index (χ0n) is 24.1. The first-order chi connectivity index (χ1) is 19.7. The Morgan fingerprint density at radius 1 is 1.19 bits per heavy atom. The summed E-state index contributed by atoms with van der Waals surface area (Å²) in [6.45, 7) is 4.92. The number of imidazole rings is 1. The van der Waals surface area contributed by atoms with Crippen molar-refractivity contribution in [2.45, 2.75) is 57.9 Å². The number of rotatable bonds is 5. The third-order valence-electron chi connectivity index (χ3n) is 7.60. The van der Waals surface area contributed by atoms with Gasteiger partial charge in [-0.15, -0.1) is 0 Å². The summed E-state index contributed by atoms with van der Waals surface area (Å²) in [6.07, 6.45) is -2.81. The van der Waals surface area contributed by atoms with E-state index in [-0.39, 0.29) is 35.7 Å². The zero-order valence-corrected chi connectivity index (χ0v) is 24.1. The number of piperidine rings is 1. The Kier molecular flexibility index (Phi) is 7.32. The minimum absolute atomic E-state index is 0.185. The number of benzene rings is 1. The second kappa shape index (κ2) is 10.5. The second-order valence-electron chi connectivity index (χ2n) is 11.6. The van der Waals surface area contributed by atoms with E-state index in [1.54, 1.807) is 46.8 Å². The number of hydrogen-bond acceptors (Lipinski definition) is 5. The molecule has 1 N–H and O–H groups in total. The first-order valence-corrected chi connectivity index (χ1v) is 13.6. The molecule has 13 heteroatoms. The maximum absolute atomic E-state index is 13.7. The molecule has 224 valence electrons. The number of fused-ring (bicyclic) bond motifs is 2. The van der Waals surface area contributed by atoms with Crippen LogP contribution >= 0.6 is 0 Å². The number of hydrogen-bond donors (Lipinski definition) is 1. The van der Waals surface area contributed by atoms with Gasteiger partial charge >= 0.3 is 12.3 Å². The highest BCUT2D eigenvalue weighted by atomic mass is 19.4. The van der Waals surface area contributed by atoms with Crippen LogP contribution in [0.15, 0.2) is 36.5 Å². The molecule has 1 atom stereocenters. The van der Waals surface area contributed by atoms with Crippen molar-refractivity contribution in [2.75, 3.05) is 20.2 Å². The molecule has 1 aliphatic rings. The Balaban J connectivity index is 1.55. The molecule has 10 nitrogen and oxygen atoms in total. The maximum atomic E-state index is 13.7. The number of carboxylic acid groups (broad SMARTS) is 1. The number of carbonyl (C=O) groups excluding carboxylic acids is 1. The molecule has 1 saturated heterocycles. The molecule has 5 rings (SSSR count). The highest BCUT2D eigenvalue weighted by molar-refractivity contribution is 6.00. The summed E-state index contributed by atoms with van der Waals surface area (Å²) in [6, 6.07) is 7.78. The van der Waals surface area contributed by atoms with Gasteiger partial charge in [-0.05, 0) is 63.9 Å². The predicted octanol–water partition coefficient (Wildman–Crippen LogP) is 5.54. The van der Waals surface area contributed by atoms with Gasteiger partial charge in [0, 0.05) is 42.8 Å². The predicted molar refractivity (Wildman–Crippen MR) is 151 cm³/mol. The summed E-state index contributed by atoms with van der Waals surface area (Å²) < 4.78 is 49.2. The van der Waals surface area contributed by atoms with E-state index in [2.05, 4.69) is 9.97 Å². The molecule has 2 amide bonds. The largest absolute Gasteiger partial charge is 0.494 e. The van der Waals surface area contributed by atoms with Crippen molar-refractivity contribution in [3.8, 4) is 17.3 Å². The van der Waals surface area contributed by atoms with Crippen LogP contribution in [0.1, 0.15) is 44.0 Å². The van der Waals surface area contributed by atoms with Gasteiger partial charge in [0.05, 0.1) is 24.4 Å². The van der Waals surface area contributed by atoms with Gasteiger partial charge in [-0.2, -0.15) is 13.2 Å². The summed E-state index contributed by atoms with van der Waals surface area (Å²) in [7, 11) is 3.13. The van der Waals surface area contributed by atoms with E-state index in [0.29, 0.717) is 47.1 Å². The highest BCUT2D eigenvalue weighted by Crippen LogP contribution is 2.35. The Morgan fingerprint density at radius 3 is 2.57 bits per heavy atom. The first kappa shape index (κ1) is 29.2. The van der Waals surface area contributed by atoms with E-state index in [4.69, 9.17) is 4.74 Å². The lowest BCUT2D eigenvalue weighted by molar-refractivity contribution is -0.139. The number of aryl methyl sites for hydroxylation is 1. The van der Waals surface area contributed by atoms with Crippen LogP contribution in [-0.2, 0) is 13.6 Å². The molecular formula is C29H33F3N6O4. The van der Waals surface area contributed by atoms with Crippen molar-refractivity contribution in [1.29, 1.82) is 0 Å². The van der Waals surface area contributed by atoms with Crippen molar-refractivity contribution in [1.82, 2.24) is 28.9 Å². The number of carbonyl (C=O) groups is 2. The van der Waals surface area contributed by atoms with Gasteiger partial charge in [0.2, 0.25) is 0 Å². The van der Waals surface area contributed by atoms with Gasteiger partial charge in [0.15, 0.2) is 5.82 Å². The van der Waals surface area contributed by atoms with Crippen molar-refractivity contribution < 1.29 is 32.6 Å². The van der Waals surface area contributed by atoms with Gasteiger partial charge in [0.25, 0.3) is 5.91 Å². The number of ether oxygens (including phenoxy) is 1. The molecular weight excluding hydrogens is 553 g/mol. The van der Waals surface area contributed by atoms with E-state index < -0.39 is 24.4 Å². The number of pyridine rings is 1.